The van der Waals surface area contributed by atoms with Gasteiger partial charge in [-0.15, -0.1) is 0 Å². The van der Waals surface area contributed by atoms with Gasteiger partial charge in [0.05, 0.1) is 22.6 Å². The van der Waals surface area contributed by atoms with Gasteiger partial charge in [-0.05, 0) is 72.7 Å². The molecule has 132 valence electrons. The zero-order chi connectivity index (χ0) is 18.6. The van der Waals surface area contributed by atoms with Crippen LogP contribution < -0.4 is 5.46 Å². The Morgan fingerprint density at radius 1 is 1.04 bits per heavy atom. The number of hydrogen-bond donors (Lipinski definition) is 0. The van der Waals surface area contributed by atoms with Gasteiger partial charge in [-0.3, -0.25) is 4.79 Å². The van der Waals surface area contributed by atoms with Crippen molar-refractivity contribution >= 4 is 18.4 Å². The van der Waals surface area contributed by atoms with Crippen molar-refractivity contribution in [2.75, 3.05) is 0 Å². The maximum absolute atomic E-state index is 11.5. The molecular weight excluding hydrogens is 315 g/mol. The maximum Gasteiger partial charge on any atom is 0.498 e. The summed E-state index contributed by atoms with van der Waals surface area (Å²) in [6.07, 6.45) is 0. The number of benzene rings is 1. The van der Waals surface area contributed by atoms with Crippen molar-refractivity contribution in [1.82, 2.24) is 9.78 Å². The zero-order valence-electron chi connectivity index (χ0n) is 16.0. The van der Waals surface area contributed by atoms with Crippen LogP contribution in [0.3, 0.4) is 0 Å². The molecule has 0 bridgehead atoms. The normalized spacial score (nSPS) is 18.6. The molecule has 1 aliphatic heterocycles. The number of aromatic nitrogens is 2. The molecule has 0 aliphatic carbocycles. The third-order valence-electron chi connectivity index (χ3n) is 5.35. The molecule has 2 aromatic rings. The smallest absolute Gasteiger partial charge is 0.399 e. The van der Waals surface area contributed by atoms with Crippen LogP contribution in [-0.2, 0) is 9.31 Å². The molecule has 0 spiro atoms. The van der Waals surface area contributed by atoms with Gasteiger partial charge in [-0.1, -0.05) is 0 Å². The van der Waals surface area contributed by atoms with Crippen LogP contribution in [0.4, 0.5) is 0 Å². The second-order valence-electron chi connectivity index (χ2n) is 7.69. The summed E-state index contributed by atoms with van der Waals surface area (Å²) in [5.74, 6) is 0.0535. The lowest BCUT2D eigenvalue weighted by atomic mass is 9.77. The topological polar surface area (TPSA) is 53.4 Å². The number of carbonyl (C=O) groups excluding carboxylic acids is 1. The van der Waals surface area contributed by atoms with Crippen LogP contribution in [0.2, 0.25) is 0 Å². The molecule has 1 aromatic carbocycles. The molecule has 6 heteroatoms. The lowest BCUT2D eigenvalue weighted by molar-refractivity contribution is 0.00578. The molecule has 3 rings (SSSR count). The van der Waals surface area contributed by atoms with E-state index in [0.717, 1.165) is 22.5 Å². The van der Waals surface area contributed by atoms with Gasteiger partial charge in [-0.25, -0.2) is 4.68 Å². The van der Waals surface area contributed by atoms with Crippen LogP contribution in [0.5, 0.6) is 0 Å². The Morgan fingerprint density at radius 2 is 1.56 bits per heavy atom. The van der Waals surface area contributed by atoms with Crippen LogP contribution in [0, 0.1) is 13.8 Å². The summed E-state index contributed by atoms with van der Waals surface area (Å²) >= 11 is 0. The standard InChI is InChI=1S/C19H25BN2O3/c1-12-17(20-24-18(4,5)19(6,7)25-20)13(2)22(21-12)16-10-8-15(9-11-16)14(3)23/h8-11H,1-7H3. The lowest BCUT2D eigenvalue weighted by Crippen LogP contribution is -2.41. The molecule has 1 fully saturated rings. The molecule has 2 heterocycles. The van der Waals surface area contributed by atoms with Gasteiger partial charge in [0.1, 0.15) is 0 Å². The average Bonchev–Trinajstić information content (AvgIpc) is 2.91. The van der Waals surface area contributed by atoms with E-state index in [1.807, 2.05) is 70.5 Å². The number of nitrogens with zero attached hydrogens (tertiary/aromatic N) is 2. The number of rotatable bonds is 3. The van der Waals surface area contributed by atoms with Crippen LogP contribution >= 0.6 is 0 Å². The number of carbonyl (C=O) groups is 1. The van der Waals surface area contributed by atoms with Crippen molar-refractivity contribution < 1.29 is 14.1 Å². The highest BCUT2D eigenvalue weighted by Gasteiger charge is 2.53. The molecule has 1 saturated heterocycles. The molecule has 0 amide bonds. The molecular formula is C19H25BN2O3. The molecule has 0 radical (unpaired) electrons. The summed E-state index contributed by atoms with van der Waals surface area (Å²) in [5.41, 5.74) is 3.65. The minimum atomic E-state index is -0.435. The second-order valence-corrected chi connectivity index (χ2v) is 7.69. The van der Waals surface area contributed by atoms with E-state index in [2.05, 4.69) is 5.10 Å². The van der Waals surface area contributed by atoms with Crippen molar-refractivity contribution in [3.63, 3.8) is 0 Å². The molecule has 0 N–H and O–H groups in total. The first-order valence-electron chi connectivity index (χ1n) is 8.56. The first-order valence-corrected chi connectivity index (χ1v) is 8.56. The quantitative estimate of drug-likeness (QED) is 0.637. The third kappa shape index (κ3) is 2.94. The fourth-order valence-electron chi connectivity index (χ4n) is 3.05. The molecule has 1 aromatic heterocycles. The third-order valence-corrected chi connectivity index (χ3v) is 5.35. The molecule has 0 atom stereocenters. The molecule has 1 aliphatic rings. The highest BCUT2D eigenvalue weighted by molar-refractivity contribution is 6.63. The van der Waals surface area contributed by atoms with Gasteiger partial charge in [0.25, 0.3) is 0 Å². The second kappa shape index (κ2) is 5.82. The summed E-state index contributed by atoms with van der Waals surface area (Å²) in [4.78, 5) is 11.5. The number of Topliss-reactive ketones (excluding diaryl/α,β-unsaturated/α-hetero) is 1. The predicted molar refractivity (Wildman–Crippen MR) is 98.8 cm³/mol. The summed E-state index contributed by atoms with van der Waals surface area (Å²) in [5, 5.41) is 4.67. The molecule has 0 saturated carbocycles. The van der Waals surface area contributed by atoms with Crippen LogP contribution in [-0.4, -0.2) is 33.9 Å². The largest absolute Gasteiger partial charge is 0.498 e. The highest BCUT2D eigenvalue weighted by atomic mass is 16.7. The van der Waals surface area contributed by atoms with Crippen molar-refractivity contribution in [2.45, 2.75) is 59.7 Å². The Labute approximate surface area is 149 Å². The lowest BCUT2D eigenvalue weighted by Gasteiger charge is -2.32. The van der Waals surface area contributed by atoms with Gasteiger partial charge in [0.2, 0.25) is 0 Å². The Morgan fingerprint density at radius 3 is 2.04 bits per heavy atom. The molecule has 0 unspecified atom stereocenters. The first-order chi connectivity index (χ1) is 11.5. The predicted octanol–water partition coefficient (Wildman–Crippen LogP) is 2.99. The summed E-state index contributed by atoms with van der Waals surface area (Å²) in [6.45, 7) is 13.7. The average molecular weight is 340 g/mol. The van der Waals surface area contributed by atoms with Gasteiger partial charge >= 0.3 is 7.12 Å². The maximum atomic E-state index is 11.5. The van der Waals surface area contributed by atoms with E-state index in [9.17, 15) is 4.79 Å². The monoisotopic (exact) mass is 340 g/mol. The first kappa shape index (κ1) is 17.9. The number of hydrogen-bond acceptors (Lipinski definition) is 4. The van der Waals surface area contributed by atoms with Crippen LogP contribution in [0.15, 0.2) is 24.3 Å². The molecule has 25 heavy (non-hydrogen) atoms. The SMILES string of the molecule is CC(=O)c1ccc(-n2nc(C)c(B3OC(C)(C)C(C)(C)O3)c2C)cc1. The fraction of sp³-hybridized carbons (Fsp3) is 0.474. The van der Waals surface area contributed by atoms with Crippen molar-refractivity contribution in [3.8, 4) is 5.69 Å². The van der Waals surface area contributed by atoms with E-state index >= 15 is 0 Å². The van der Waals surface area contributed by atoms with Gasteiger partial charge in [-0.2, -0.15) is 5.10 Å². The summed E-state index contributed by atoms with van der Waals surface area (Å²) in [7, 11) is -0.435. The van der Waals surface area contributed by atoms with Crippen LogP contribution in [0.1, 0.15) is 56.4 Å². The number of aryl methyl sites for hydroxylation is 1. The minimum Gasteiger partial charge on any atom is -0.399 e. The Kier molecular flexibility index (Phi) is 4.16. The van der Waals surface area contributed by atoms with Gasteiger partial charge < -0.3 is 9.31 Å². The summed E-state index contributed by atoms with van der Waals surface area (Å²) < 4.78 is 14.3. The van der Waals surface area contributed by atoms with Gasteiger partial charge in [0, 0.05) is 16.7 Å². The van der Waals surface area contributed by atoms with E-state index in [1.165, 1.54) is 0 Å². The molecule has 5 nitrogen and oxygen atoms in total. The van der Waals surface area contributed by atoms with E-state index < -0.39 is 7.12 Å². The van der Waals surface area contributed by atoms with Crippen molar-refractivity contribution in [3.05, 3.63) is 41.2 Å². The minimum absolute atomic E-state index is 0.0535. The Bertz CT molecular complexity index is 806. The Balaban J connectivity index is 1.98. The van der Waals surface area contributed by atoms with E-state index in [4.69, 9.17) is 9.31 Å². The highest BCUT2D eigenvalue weighted by Crippen LogP contribution is 2.37. The summed E-state index contributed by atoms with van der Waals surface area (Å²) in [6, 6.07) is 7.46. The number of ketones is 1. The Hall–Kier alpha value is -1.92. The van der Waals surface area contributed by atoms with Crippen LogP contribution in [0.25, 0.3) is 5.69 Å². The fourth-order valence-corrected chi connectivity index (χ4v) is 3.05. The van der Waals surface area contributed by atoms with E-state index in [-0.39, 0.29) is 17.0 Å². The van der Waals surface area contributed by atoms with Crippen molar-refractivity contribution in [1.29, 1.82) is 0 Å². The zero-order valence-corrected chi connectivity index (χ0v) is 16.0. The van der Waals surface area contributed by atoms with Crippen molar-refractivity contribution in [2.24, 2.45) is 0 Å². The van der Waals surface area contributed by atoms with Gasteiger partial charge in [0.15, 0.2) is 5.78 Å². The van der Waals surface area contributed by atoms with E-state index in [1.54, 1.807) is 6.92 Å². The van der Waals surface area contributed by atoms with E-state index in [0.29, 0.717) is 5.56 Å².